The van der Waals surface area contributed by atoms with Crippen molar-refractivity contribution in [2.24, 2.45) is 0 Å². The number of thiophene rings is 1. The first-order valence-electron chi connectivity index (χ1n) is 18.0. The number of carbonyl (C=O) groups excluding carboxylic acids is 1. The highest BCUT2D eigenvalue weighted by Gasteiger charge is 2.41. The van der Waals surface area contributed by atoms with Crippen LogP contribution in [0.1, 0.15) is 60.9 Å². The Morgan fingerprint density at radius 1 is 1.18 bits per heavy atom. The van der Waals surface area contributed by atoms with Gasteiger partial charge in [0.25, 0.3) is 11.5 Å². The molecule has 0 bridgehead atoms. The molecule has 2 aliphatic rings. The Labute approximate surface area is 328 Å². The topological polar surface area (TPSA) is 163 Å². The minimum Gasteiger partial charge on any atom is -0.377 e. The van der Waals surface area contributed by atoms with Gasteiger partial charge in [-0.05, 0) is 64.8 Å². The standard InChI is InChI=1S/C39H39ClN8O5S2/c1-5-47(27-12-16-46(17-13-27)39(4)22-53-23-39)36-30(19-41)33-32(20-43-36)44-24(3)48(38(33)50)15-7-8-25-9-10-26(40)18-29(25)28-11-14-42-34-31(21-54-35(28)34)37(49)45-55(51,52)6-2/h9-11,14,18,20-21,27H,5-6,12-13,15-17,22-23H2,1-4H3,(H,45,49). The number of hydrogen-bond donors (Lipinski definition) is 1. The largest absolute Gasteiger partial charge is 0.377 e. The molecule has 16 heteroatoms. The monoisotopic (exact) mass is 798 g/mol. The summed E-state index contributed by atoms with van der Waals surface area (Å²) in [4.78, 5) is 45.5. The van der Waals surface area contributed by atoms with Gasteiger partial charge in [0, 0.05) is 59.0 Å². The number of nitrogens with one attached hydrogen (secondary N) is 1. The molecule has 2 saturated heterocycles. The minimum absolute atomic E-state index is 0.00237. The summed E-state index contributed by atoms with van der Waals surface area (Å²) in [5.74, 6) is 6.24. The summed E-state index contributed by atoms with van der Waals surface area (Å²) in [5, 5.41) is 12.7. The highest BCUT2D eigenvalue weighted by molar-refractivity contribution is 7.90. The van der Waals surface area contributed by atoms with Crippen molar-refractivity contribution in [1.82, 2.24) is 29.1 Å². The van der Waals surface area contributed by atoms with Crippen LogP contribution in [-0.4, -0.2) is 88.9 Å². The maximum atomic E-state index is 14.2. The summed E-state index contributed by atoms with van der Waals surface area (Å²) in [7, 11) is -3.77. The molecule has 2 aliphatic heterocycles. The van der Waals surface area contributed by atoms with Crippen LogP contribution in [0, 0.1) is 30.1 Å². The second-order valence-electron chi connectivity index (χ2n) is 13.9. The zero-order chi connectivity index (χ0) is 39.1. The molecule has 1 aromatic carbocycles. The maximum absolute atomic E-state index is 14.2. The molecule has 1 amide bonds. The Balaban J connectivity index is 1.20. The average molecular weight is 799 g/mol. The van der Waals surface area contributed by atoms with Crippen LogP contribution in [0.25, 0.3) is 32.2 Å². The fourth-order valence-electron chi connectivity index (χ4n) is 7.33. The number of ether oxygens (including phenoxy) is 1. The molecule has 0 saturated carbocycles. The van der Waals surface area contributed by atoms with E-state index in [1.54, 1.807) is 49.0 Å². The number of hydrogen-bond acceptors (Lipinski definition) is 12. The summed E-state index contributed by atoms with van der Waals surface area (Å²) >= 11 is 7.71. The van der Waals surface area contributed by atoms with Crippen molar-refractivity contribution in [3.8, 4) is 29.0 Å². The Kier molecular flexibility index (Phi) is 10.7. The number of pyridine rings is 2. The Morgan fingerprint density at radius 2 is 1.95 bits per heavy atom. The van der Waals surface area contributed by atoms with E-state index < -0.39 is 15.9 Å². The predicted octanol–water partition coefficient (Wildman–Crippen LogP) is 5.11. The van der Waals surface area contributed by atoms with Gasteiger partial charge in [0.2, 0.25) is 10.0 Å². The number of nitriles is 1. The van der Waals surface area contributed by atoms with Crippen molar-refractivity contribution in [2.45, 2.75) is 58.7 Å². The van der Waals surface area contributed by atoms with Crippen molar-refractivity contribution in [3.05, 3.63) is 79.9 Å². The molecular formula is C39H39ClN8O5S2. The van der Waals surface area contributed by atoms with E-state index in [0.29, 0.717) is 55.6 Å². The molecule has 55 heavy (non-hydrogen) atoms. The van der Waals surface area contributed by atoms with Gasteiger partial charge in [0.15, 0.2) is 0 Å². The van der Waals surface area contributed by atoms with Gasteiger partial charge in [-0.3, -0.25) is 24.0 Å². The lowest BCUT2D eigenvalue weighted by Gasteiger charge is -2.51. The lowest BCUT2D eigenvalue weighted by Crippen LogP contribution is -2.63. The van der Waals surface area contributed by atoms with Crippen LogP contribution in [0.4, 0.5) is 5.82 Å². The van der Waals surface area contributed by atoms with Gasteiger partial charge in [-0.15, -0.1) is 11.3 Å². The van der Waals surface area contributed by atoms with Gasteiger partial charge in [-0.2, -0.15) is 5.26 Å². The fourth-order valence-corrected chi connectivity index (χ4v) is 9.08. The third kappa shape index (κ3) is 7.31. The number of halogens is 1. The molecule has 2 fully saturated rings. The zero-order valence-corrected chi connectivity index (χ0v) is 33.2. The molecular weight excluding hydrogens is 760 g/mol. The number of piperidine rings is 1. The lowest BCUT2D eigenvalue weighted by atomic mass is 9.92. The zero-order valence-electron chi connectivity index (χ0n) is 30.8. The number of carbonyl (C=O) groups is 1. The smallest absolute Gasteiger partial charge is 0.267 e. The van der Waals surface area contributed by atoms with Crippen LogP contribution in [0.5, 0.6) is 0 Å². The summed E-state index contributed by atoms with van der Waals surface area (Å²) < 4.78 is 33.9. The van der Waals surface area contributed by atoms with Gasteiger partial charge in [0.05, 0.1) is 63.9 Å². The van der Waals surface area contributed by atoms with Crippen LogP contribution >= 0.6 is 22.9 Å². The fraction of sp³-hybridized carbons (Fsp3) is 0.385. The van der Waals surface area contributed by atoms with E-state index in [1.807, 2.05) is 6.92 Å². The van der Waals surface area contributed by atoms with Crippen LogP contribution in [0.3, 0.4) is 0 Å². The number of nitrogens with zero attached hydrogens (tertiary/aromatic N) is 7. The first-order valence-corrected chi connectivity index (χ1v) is 20.9. The molecule has 4 aromatic heterocycles. The molecule has 0 unspecified atom stereocenters. The number of likely N-dealkylation sites (tertiary alicyclic amines) is 1. The number of anilines is 1. The quantitative estimate of drug-likeness (QED) is 0.197. The normalized spacial score (nSPS) is 15.9. The molecule has 13 nitrogen and oxygen atoms in total. The third-order valence-electron chi connectivity index (χ3n) is 10.4. The van der Waals surface area contributed by atoms with E-state index in [-0.39, 0.29) is 46.0 Å². The number of aromatic nitrogens is 4. The summed E-state index contributed by atoms with van der Waals surface area (Å²) in [5.41, 5.74) is 2.74. The van der Waals surface area contributed by atoms with Crippen molar-refractivity contribution < 1.29 is 17.9 Å². The van der Waals surface area contributed by atoms with E-state index >= 15 is 0 Å². The van der Waals surface area contributed by atoms with Crippen molar-refractivity contribution in [2.75, 3.05) is 43.5 Å². The predicted molar refractivity (Wildman–Crippen MR) is 214 cm³/mol. The van der Waals surface area contributed by atoms with Gasteiger partial charge in [-0.25, -0.2) is 23.1 Å². The Bertz CT molecular complexity index is 2610. The first-order chi connectivity index (χ1) is 26.4. The number of benzene rings is 1. The number of fused-ring (bicyclic) bond motifs is 2. The molecule has 0 atom stereocenters. The van der Waals surface area contributed by atoms with Crippen molar-refractivity contribution >= 4 is 65.8 Å². The summed E-state index contributed by atoms with van der Waals surface area (Å²) in [6.45, 7) is 11.4. The molecule has 0 radical (unpaired) electrons. The molecule has 1 N–H and O–H groups in total. The van der Waals surface area contributed by atoms with E-state index in [0.717, 1.165) is 39.1 Å². The van der Waals surface area contributed by atoms with Crippen molar-refractivity contribution in [1.29, 1.82) is 5.26 Å². The number of sulfonamides is 1. The molecule has 0 aliphatic carbocycles. The van der Waals surface area contributed by atoms with Crippen molar-refractivity contribution in [3.63, 3.8) is 0 Å². The first kappa shape index (κ1) is 38.4. The highest BCUT2D eigenvalue weighted by Crippen LogP contribution is 2.37. The Hall–Kier alpha value is -4.90. The molecule has 284 valence electrons. The van der Waals surface area contributed by atoms with Gasteiger partial charge < -0.3 is 9.64 Å². The third-order valence-corrected chi connectivity index (χ3v) is 12.9. The van der Waals surface area contributed by atoms with Gasteiger partial charge >= 0.3 is 0 Å². The summed E-state index contributed by atoms with van der Waals surface area (Å²) in [6, 6.07) is 9.48. The van der Waals surface area contributed by atoms with Gasteiger partial charge in [0.1, 0.15) is 23.3 Å². The van der Waals surface area contributed by atoms with Crippen LogP contribution in [0.15, 0.2) is 46.8 Å². The summed E-state index contributed by atoms with van der Waals surface area (Å²) in [6.07, 6.45) is 4.94. The van der Waals surface area contributed by atoms with E-state index in [2.05, 4.69) is 49.3 Å². The second-order valence-corrected chi connectivity index (χ2v) is 17.2. The SMILES string of the molecule is CCN(c1ncc2nc(C)n(CC#Cc3ccc(Cl)cc3-c3ccnc4c(C(=O)NS(=O)(=O)CC)csc34)c(=O)c2c1C#N)C1CCN(C2(C)COC2)CC1. The van der Waals surface area contributed by atoms with Gasteiger partial charge in [-0.1, -0.05) is 23.4 Å². The van der Waals surface area contributed by atoms with Crippen LogP contribution < -0.4 is 15.2 Å². The molecule has 5 aromatic rings. The van der Waals surface area contributed by atoms with E-state index in [4.69, 9.17) is 21.3 Å². The molecule has 7 rings (SSSR count). The number of amides is 1. The molecule has 0 spiro atoms. The number of aryl methyl sites for hydroxylation is 1. The lowest BCUT2D eigenvalue weighted by molar-refractivity contribution is -0.136. The average Bonchev–Trinajstić information content (AvgIpc) is 3.61. The van der Waals surface area contributed by atoms with Crippen LogP contribution in [0.2, 0.25) is 5.02 Å². The highest BCUT2D eigenvalue weighted by atomic mass is 35.5. The number of rotatable bonds is 9. The minimum atomic E-state index is -3.77. The molecule has 6 heterocycles. The Morgan fingerprint density at radius 3 is 2.62 bits per heavy atom. The van der Waals surface area contributed by atoms with E-state index in [1.165, 1.54) is 22.8 Å². The maximum Gasteiger partial charge on any atom is 0.267 e. The van der Waals surface area contributed by atoms with E-state index in [9.17, 15) is 23.3 Å². The van der Waals surface area contributed by atoms with Crippen LogP contribution in [-0.2, 0) is 21.3 Å². The second kappa shape index (κ2) is 15.3.